The van der Waals surface area contributed by atoms with Crippen molar-refractivity contribution in [3.05, 3.63) is 29.8 Å². The number of rotatable bonds is 5. The second kappa shape index (κ2) is 4.64. The molecule has 0 bridgehead atoms. The number of hydrogen-bond acceptors (Lipinski definition) is 3. The molecular weight excluding hydrogens is 248 g/mol. The van der Waals surface area contributed by atoms with Gasteiger partial charge in [0.1, 0.15) is 0 Å². The second-order valence-corrected chi connectivity index (χ2v) is 6.93. The van der Waals surface area contributed by atoms with Gasteiger partial charge in [-0.1, -0.05) is 12.1 Å². The number of benzene rings is 1. The summed E-state index contributed by atoms with van der Waals surface area (Å²) in [5.41, 5.74) is 0.851. The summed E-state index contributed by atoms with van der Waals surface area (Å²) in [6, 6.07) is 7.25. The Morgan fingerprint density at radius 1 is 1.22 bits per heavy atom. The Morgan fingerprint density at radius 3 is 2.22 bits per heavy atom. The molecule has 1 atom stereocenters. The molecule has 2 rings (SSSR count). The van der Waals surface area contributed by atoms with E-state index in [1.807, 2.05) is 33.0 Å². The summed E-state index contributed by atoms with van der Waals surface area (Å²) >= 11 is 0. The second-order valence-electron chi connectivity index (χ2n) is 5.25. The quantitative estimate of drug-likeness (QED) is 0.856. The standard InChI is InChI=1S/C13H20N2O2S/c1-10(14-3)11-4-6-12(7-5-11)18(16,17)15-13(2)8-9-13/h4-7,10,14-15H,8-9H2,1-3H3. The van der Waals surface area contributed by atoms with Gasteiger partial charge in [0.15, 0.2) is 0 Å². The molecule has 0 saturated heterocycles. The van der Waals surface area contributed by atoms with Gasteiger partial charge < -0.3 is 5.32 Å². The van der Waals surface area contributed by atoms with Gasteiger partial charge in [0.2, 0.25) is 10.0 Å². The third-order valence-electron chi connectivity index (χ3n) is 3.50. The number of sulfonamides is 1. The van der Waals surface area contributed by atoms with Crippen molar-refractivity contribution in [2.24, 2.45) is 0 Å². The van der Waals surface area contributed by atoms with Gasteiger partial charge in [0.25, 0.3) is 0 Å². The fourth-order valence-electron chi connectivity index (χ4n) is 1.78. The normalized spacial score (nSPS) is 19.5. The van der Waals surface area contributed by atoms with E-state index >= 15 is 0 Å². The highest BCUT2D eigenvalue weighted by molar-refractivity contribution is 7.89. The zero-order chi connectivity index (χ0) is 13.4. The van der Waals surface area contributed by atoms with Crippen molar-refractivity contribution >= 4 is 10.0 Å². The minimum atomic E-state index is -3.38. The molecule has 0 heterocycles. The molecule has 1 unspecified atom stereocenters. The van der Waals surface area contributed by atoms with Gasteiger partial charge in [0.05, 0.1) is 4.90 Å². The lowest BCUT2D eigenvalue weighted by atomic mass is 10.1. The lowest BCUT2D eigenvalue weighted by Gasteiger charge is -2.14. The smallest absolute Gasteiger partial charge is 0.241 e. The molecule has 1 aromatic carbocycles. The molecule has 0 aliphatic heterocycles. The van der Waals surface area contributed by atoms with Crippen LogP contribution in [0.1, 0.15) is 38.3 Å². The van der Waals surface area contributed by atoms with Gasteiger partial charge in [-0.05, 0) is 51.4 Å². The highest BCUT2D eigenvalue weighted by Crippen LogP contribution is 2.35. The Morgan fingerprint density at radius 2 is 1.78 bits per heavy atom. The summed E-state index contributed by atoms with van der Waals surface area (Å²) in [5.74, 6) is 0. The molecule has 1 fully saturated rings. The molecule has 1 aliphatic carbocycles. The Bertz CT molecular complexity index is 518. The van der Waals surface area contributed by atoms with Crippen molar-refractivity contribution in [3.8, 4) is 0 Å². The van der Waals surface area contributed by atoms with Gasteiger partial charge >= 0.3 is 0 Å². The molecule has 18 heavy (non-hydrogen) atoms. The lowest BCUT2D eigenvalue weighted by molar-refractivity contribution is 0.558. The van der Waals surface area contributed by atoms with Crippen LogP contribution in [0.25, 0.3) is 0 Å². The fourth-order valence-corrected chi connectivity index (χ4v) is 3.24. The molecule has 2 N–H and O–H groups in total. The minimum absolute atomic E-state index is 0.218. The van der Waals surface area contributed by atoms with Crippen LogP contribution in [0.4, 0.5) is 0 Å². The van der Waals surface area contributed by atoms with Crippen LogP contribution in [-0.4, -0.2) is 21.0 Å². The summed E-state index contributed by atoms with van der Waals surface area (Å²) in [6.07, 6.45) is 1.84. The van der Waals surface area contributed by atoms with Gasteiger partial charge in [-0.25, -0.2) is 13.1 Å². The third kappa shape index (κ3) is 2.91. The summed E-state index contributed by atoms with van der Waals surface area (Å²) in [6.45, 7) is 3.97. The molecule has 0 spiro atoms. The van der Waals surface area contributed by atoms with E-state index in [0.717, 1.165) is 18.4 Å². The summed E-state index contributed by atoms with van der Waals surface area (Å²) < 4.78 is 27.0. The van der Waals surface area contributed by atoms with E-state index in [0.29, 0.717) is 4.90 Å². The highest BCUT2D eigenvalue weighted by atomic mass is 32.2. The van der Waals surface area contributed by atoms with Crippen molar-refractivity contribution in [2.45, 2.75) is 43.2 Å². The van der Waals surface area contributed by atoms with Crippen LogP contribution in [0, 0.1) is 0 Å². The van der Waals surface area contributed by atoms with Crippen molar-refractivity contribution in [2.75, 3.05) is 7.05 Å². The Hall–Kier alpha value is -0.910. The Labute approximate surface area is 109 Å². The monoisotopic (exact) mass is 268 g/mol. The first kappa shape index (κ1) is 13.5. The van der Waals surface area contributed by atoms with Crippen molar-refractivity contribution in [1.29, 1.82) is 0 Å². The largest absolute Gasteiger partial charge is 0.313 e. The van der Waals surface area contributed by atoms with Gasteiger partial charge in [-0.15, -0.1) is 0 Å². The van der Waals surface area contributed by atoms with E-state index in [9.17, 15) is 8.42 Å². The zero-order valence-electron chi connectivity index (χ0n) is 11.0. The van der Waals surface area contributed by atoms with E-state index in [1.165, 1.54) is 0 Å². The van der Waals surface area contributed by atoms with Crippen LogP contribution in [0.2, 0.25) is 0 Å². The first-order valence-corrected chi connectivity index (χ1v) is 7.66. The molecule has 0 radical (unpaired) electrons. The number of nitrogens with one attached hydrogen (secondary N) is 2. The SMILES string of the molecule is CNC(C)c1ccc(S(=O)(=O)NC2(C)CC2)cc1. The molecule has 1 aliphatic rings. The van der Waals surface area contributed by atoms with Crippen LogP contribution >= 0.6 is 0 Å². The molecular formula is C13H20N2O2S. The predicted molar refractivity (Wildman–Crippen MR) is 71.9 cm³/mol. The van der Waals surface area contributed by atoms with Gasteiger partial charge in [-0.3, -0.25) is 0 Å². The van der Waals surface area contributed by atoms with E-state index < -0.39 is 10.0 Å². The summed E-state index contributed by atoms with van der Waals surface area (Å²) in [7, 11) is -1.50. The summed E-state index contributed by atoms with van der Waals surface area (Å²) in [5, 5.41) is 3.12. The van der Waals surface area contributed by atoms with Crippen LogP contribution in [0.5, 0.6) is 0 Å². The Balaban J connectivity index is 2.18. The molecule has 4 nitrogen and oxygen atoms in total. The molecule has 100 valence electrons. The molecule has 0 amide bonds. The van der Waals surface area contributed by atoms with Crippen LogP contribution in [-0.2, 0) is 10.0 Å². The van der Waals surface area contributed by atoms with Crippen molar-refractivity contribution in [3.63, 3.8) is 0 Å². The Kier molecular flexibility index (Phi) is 3.49. The third-order valence-corrected chi connectivity index (χ3v) is 5.16. The zero-order valence-corrected chi connectivity index (χ0v) is 11.8. The fraction of sp³-hybridized carbons (Fsp3) is 0.538. The number of hydrogen-bond donors (Lipinski definition) is 2. The first-order chi connectivity index (χ1) is 8.36. The topological polar surface area (TPSA) is 58.2 Å². The van der Waals surface area contributed by atoms with Crippen LogP contribution in [0.15, 0.2) is 29.2 Å². The molecule has 1 saturated carbocycles. The molecule has 5 heteroatoms. The molecule has 0 aromatic heterocycles. The van der Waals surface area contributed by atoms with E-state index in [4.69, 9.17) is 0 Å². The lowest BCUT2D eigenvalue weighted by Crippen LogP contribution is -2.34. The highest BCUT2D eigenvalue weighted by Gasteiger charge is 2.41. The summed E-state index contributed by atoms with van der Waals surface area (Å²) in [4.78, 5) is 0.336. The van der Waals surface area contributed by atoms with E-state index in [1.54, 1.807) is 12.1 Å². The maximum atomic E-state index is 12.1. The maximum absolute atomic E-state index is 12.1. The van der Waals surface area contributed by atoms with Crippen molar-refractivity contribution < 1.29 is 8.42 Å². The van der Waals surface area contributed by atoms with Crippen LogP contribution < -0.4 is 10.0 Å². The minimum Gasteiger partial charge on any atom is -0.313 e. The average Bonchev–Trinajstić information content (AvgIpc) is 3.05. The molecule has 1 aromatic rings. The van der Waals surface area contributed by atoms with E-state index in [-0.39, 0.29) is 11.6 Å². The van der Waals surface area contributed by atoms with Crippen molar-refractivity contribution in [1.82, 2.24) is 10.0 Å². The maximum Gasteiger partial charge on any atom is 0.241 e. The van der Waals surface area contributed by atoms with Gasteiger partial charge in [-0.2, -0.15) is 0 Å². The van der Waals surface area contributed by atoms with E-state index in [2.05, 4.69) is 10.0 Å². The van der Waals surface area contributed by atoms with Gasteiger partial charge in [0, 0.05) is 11.6 Å². The predicted octanol–water partition coefficient (Wildman–Crippen LogP) is 1.80. The average molecular weight is 268 g/mol. The van der Waals surface area contributed by atoms with Crippen LogP contribution in [0.3, 0.4) is 0 Å². The first-order valence-electron chi connectivity index (χ1n) is 6.17.